The summed E-state index contributed by atoms with van der Waals surface area (Å²) in [5.74, 6) is 1.45. The second-order valence-corrected chi connectivity index (χ2v) is 7.55. The molecular weight excluding hydrogens is 316 g/mol. The van der Waals surface area contributed by atoms with Gasteiger partial charge in [-0.25, -0.2) is 0 Å². The van der Waals surface area contributed by atoms with E-state index in [4.69, 9.17) is 0 Å². The minimum Gasteiger partial charge on any atom is -0.348 e. The van der Waals surface area contributed by atoms with Gasteiger partial charge < -0.3 is 9.88 Å². The van der Waals surface area contributed by atoms with Crippen molar-refractivity contribution in [3.8, 4) is 0 Å². The number of aromatic nitrogens is 1. The Morgan fingerprint density at radius 3 is 2.45 bits per heavy atom. The van der Waals surface area contributed by atoms with Crippen molar-refractivity contribution in [3.05, 3.63) is 22.4 Å². The highest BCUT2D eigenvalue weighted by Crippen LogP contribution is 2.29. The number of halogens is 1. The quantitative estimate of drug-likeness (QED) is 0.869. The number of hydrogen-bond donors (Lipinski definition) is 1. The molecule has 1 aliphatic rings. The zero-order chi connectivity index (χ0) is 14.9. The minimum atomic E-state index is 0.0516. The molecule has 20 heavy (non-hydrogen) atoms. The molecular formula is C16H25BrN2O. The molecule has 1 aromatic rings. The molecule has 3 nitrogen and oxygen atoms in total. The van der Waals surface area contributed by atoms with Crippen molar-refractivity contribution in [2.45, 2.75) is 59.0 Å². The monoisotopic (exact) mass is 340 g/mol. The third-order valence-corrected chi connectivity index (χ3v) is 4.55. The van der Waals surface area contributed by atoms with Crippen LogP contribution in [0, 0.1) is 11.8 Å². The molecule has 0 bridgehead atoms. The standard InChI is InChI=1S/C16H25BrN2O/c1-10(2)19-9-13(17)8-15(19)16(20)18-14-6-11(3)5-12(4)7-14/h8-12,14H,5-7H2,1-4H3,(H,18,20). The highest BCUT2D eigenvalue weighted by Gasteiger charge is 2.26. The molecule has 1 heterocycles. The maximum absolute atomic E-state index is 12.5. The van der Waals surface area contributed by atoms with Crippen LogP contribution in [-0.4, -0.2) is 16.5 Å². The smallest absolute Gasteiger partial charge is 0.268 e. The number of carbonyl (C=O) groups excluding carboxylic acids is 1. The molecule has 1 N–H and O–H groups in total. The summed E-state index contributed by atoms with van der Waals surface area (Å²) in [6.45, 7) is 8.74. The van der Waals surface area contributed by atoms with Gasteiger partial charge in [0.2, 0.25) is 0 Å². The van der Waals surface area contributed by atoms with Crippen molar-refractivity contribution in [1.82, 2.24) is 9.88 Å². The molecule has 0 saturated heterocycles. The summed E-state index contributed by atoms with van der Waals surface area (Å²) in [6, 6.07) is 2.51. The van der Waals surface area contributed by atoms with E-state index in [1.807, 2.05) is 16.8 Å². The molecule has 0 aromatic carbocycles. The largest absolute Gasteiger partial charge is 0.348 e. The summed E-state index contributed by atoms with van der Waals surface area (Å²) in [5, 5.41) is 3.22. The first kappa shape index (κ1) is 15.6. The number of nitrogens with zero attached hydrogens (tertiary/aromatic N) is 1. The van der Waals surface area contributed by atoms with Gasteiger partial charge in [0.15, 0.2) is 0 Å². The Balaban J connectivity index is 2.08. The molecule has 2 rings (SSSR count). The SMILES string of the molecule is CC1CC(C)CC(NC(=O)c2cc(Br)cn2C(C)C)C1. The second-order valence-electron chi connectivity index (χ2n) is 6.63. The summed E-state index contributed by atoms with van der Waals surface area (Å²) in [7, 11) is 0. The molecule has 2 atom stereocenters. The van der Waals surface area contributed by atoms with Crippen molar-refractivity contribution < 1.29 is 4.79 Å². The highest BCUT2D eigenvalue weighted by atomic mass is 79.9. The van der Waals surface area contributed by atoms with Crippen LogP contribution in [0.25, 0.3) is 0 Å². The Morgan fingerprint density at radius 2 is 1.90 bits per heavy atom. The Morgan fingerprint density at radius 1 is 1.30 bits per heavy atom. The normalized spacial score (nSPS) is 26.8. The fraction of sp³-hybridized carbons (Fsp3) is 0.688. The molecule has 0 spiro atoms. The van der Waals surface area contributed by atoms with Crippen LogP contribution in [0.3, 0.4) is 0 Å². The van der Waals surface area contributed by atoms with E-state index in [1.165, 1.54) is 6.42 Å². The highest BCUT2D eigenvalue weighted by molar-refractivity contribution is 9.10. The van der Waals surface area contributed by atoms with Crippen molar-refractivity contribution in [1.29, 1.82) is 0 Å². The lowest BCUT2D eigenvalue weighted by molar-refractivity contribution is 0.0900. The molecule has 0 radical (unpaired) electrons. The van der Waals surface area contributed by atoms with E-state index in [0.717, 1.165) is 23.0 Å². The van der Waals surface area contributed by atoms with Crippen molar-refractivity contribution in [2.24, 2.45) is 11.8 Å². The van der Waals surface area contributed by atoms with Gasteiger partial charge in [0, 0.05) is 22.8 Å². The summed E-state index contributed by atoms with van der Waals surface area (Å²) in [5.41, 5.74) is 0.748. The molecule has 1 fully saturated rings. The van der Waals surface area contributed by atoms with Crippen LogP contribution < -0.4 is 5.32 Å². The van der Waals surface area contributed by atoms with Crippen molar-refractivity contribution >= 4 is 21.8 Å². The summed E-state index contributed by atoms with van der Waals surface area (Å²) < 4.78 is 2.98. The van der Waals surface area contributed by atoms with Crippen LogP contribution >= 0.6 is 15.9 Å². The van der Waals surface area contributed by atoms with Crippen LogP contribution in [0.4, 0.5) is 0 Å². The van der Waals surface area contributed by atoms with Gasteiger partial charge in [-0.3, -0.25) is 4.79 Å². The van der Waals surface area contributed by atoms with E-state index in [-0.39, 0.29) is 11.9 Å². The molecule has 1 amide bonds. The van der Waals surface area contributed by atoms with Gasteiger partial charge in [0.05, 0.1) is 0 Å². The van der Waals surface area contributed by atoms with Gasteiger partial charge in [0.1, 0.15) is 5.69 Å². The van der Waals surface area contributed by atoms with Crippen LogP contribution in [0.2, 0.25) is 0 Å². The molecule has 1 saturated carbocycles. The lowest BCUT2D eigenvalue weighted by Gasteiger charge is -2.32. The molecule has 1 aromatic heterocycles. The lowest BCUT2D eigenvalue weighted by atomic mass is 9.80. The third kappa shape index (κ3) is 3.66. The van der Waals surface area contributed by atoms with Crippen LogP contribution in [-0.2, 0) is 0 Å². The fourth-order valence-electron chi connectivity index (χ4n) is 3.38. The second kappa shape index (κ2) is 6.33. The van der Waals surface area contributed by atoms with Gasteiger partial charge in [0.25, 0.3) is 5.91 Å². The number of amides is 1. The molecule has 2 unspecified atom stereocenters. The van der Waals surface area contributed by atoms with Gasteiger partial charge >= 0.3 is 0 Å². The molecule has 0 aliphatic heterocycles. The predicted molar refractivity (Wildman–Crippen MR) is 86.0 cm³/mol. The maximum Gasteiger partial charge on any atom is 0.268 e. The number of hydrogen-bond acceptors (Lipinski definition) is 1. The first-order valence-electron chi connectivity index (χ1n) is 7.55. The number of nitrogens with one attached hydrogen (secondary N) is 1. The van der Waals surface area contributed by atoms with Gasteiger partial charge in [-0.15, -0.1) is 0 Å². The van der Waals surface area contributed by atoms with E-state index in [2.05, 4.69) is 48.9 Å². The van der Waals surface area contributed by atoms with Crippen LogP contribution in [0.1, 0.15) is 63.5 Å². The number of carbonyl (C=O) groups is 1. The summed E-state index contributed by atoms with van der Waals surface area (Å²) in [4.78, 5) is 12.5. The van der Waals surface area contributed by atoms with Gasteiger partial charge in [-0.2, -0.15) is 0 Å². The van der Waals surface area contributed by atoms with Gasteiger partial charge in [-0.1, -0.05) is 13.8 Å². The van der Waals surface area contributed by atoms with E-state index in [9.17, 15) is 4.79 Å². The first-order valence-corrected chi connectivity index (χ1v) is 8.34. The first-order chi connectivity index (χ1) is 9.36. The average Bonchev–Trinajstić information content (AvgIpc) is 2.70. The predicted octanol–water partition coefficient (Wildman–Crippen LogP) is 4.39. The topological polar surface area (TPSA) is 34.0 Å². The zero-order valence-electron chi connectivity index (χ0n) is 12.8. The number of rotatable bonds is 3. The van der Waals surface area contributed by atoms with E-state index in [0.29, 0.717) is 17.9 Å². The minimum absolute atomic E-state index is 0.0516. The Bertz CT molecular complexity index is 471. The van der Waals surface area contributed by atoms with E-state index in [1.54, 1.807) is 0 Å². The molecule has 4 heteroatoms. The Kier molecular flexibility index (Phi) is 4.95. The Hall–Kier alpha value is -0.770. The molecule has 1 aliphatic carbocycles. The van der Waals surface area contributed by atoms with E-state index < -0.39 is 0 Å². The van der Waals surface area contributed by atoms with E-state index >= 15 is 0 Å². The maximum atomic E-state index is 12.5. The zero-order valence-corrected chi connectivity index (χ0v) is 14.4. The van der Waals surface area contributed by atoms with Crippen LogP contribution in [0.15, 0.2) is 16.7 Å². The lowest BCUT2D eigenvalue weighted by Crippen LogP contribution is -2.40. The summed E-state index contributed by atoms with van der Waals surface area (Å²) >= 11 is 3.46. The Labute approximate surface area is 130 Å². The van der Waals surface area contributed by atoms with Crippen molar-refractivity contribution in [3.63, 3.8) is 0 Å². The summed E-state index contributed by atoms with van der Waals surface area (Å²) in [6.07, 6.45) is 5.45. The van der Waals surface area contributed by atoms with Gasteiger partial charge in [-0.05, 0) is 66.9 Å². The fourth-order valence-corrected chi connectivity index (χ4v) is 3.82. The third-order valence-electron chi connectivity index (χ3n) is 4.12. The van der Waals surface area contributed by atoms with Crippen LogP contribution in [0.5, 0.6) is 0 Å². The average molecular weight is 341 g/mol. The molecule has 112 valence electrons. The van der Waals surface area contributed by atoms with Crippen molar-refractivity contribution in [2.75, 3.05) is 0 Å².